The van der Waals surface area contributed by atoms with Gasteiger partial charge in [0.15, 0.2) is 0 Å². The maximum absolute atomic E-state index is 12.9. The molecule has 0 aromatic carbocycles. The lowest BCUT2D eigenvalue weighted by Gasteiger charge is -2.14. The maximum Gasteiger partial charge on any atom is 0.342 e. The standard InChI is InChI=1S/C7H14FNO2/c1-3-4-9-5-7(2,8)6(10)11/h9H,3-5H2,1-2H3,(H,10,11). The molecule has 1 atom stereocenters. The van der Waals surface area contributed by atoms with E-state index in [-0.39, 0.29) is 6.54 Å². The topological polar surface area (TPSA) is 49.3 Å². The van der Waals surface area contributed by atoms with Gasteiger partial charge in [-0.05, 0) is 19.9 Å². The van der Waals surface area contributed by atoms with Gasteiger partial charge < -0.3 is 10.4 Å². The van der Waals surface area contributed by atoms with Crippen LogP contribution in [0.25, 0.3) is 0 Å². The highest BCUT2D eigenvalue weighted by atomic mass is 19.1. The zero-order valence-electron chi connectivity index (χ0n) is 6.85. The van der Waals surface area contributed by atoms with Crippen LogP contribution in [0, 0.1) is 0 Å². The van der Waals surface area contributed by atoms with Gasteiger partial charge in [0.05, 0.1) is 0 Å². The zero-order valence-corrected chi connectivity index (χ0v) is 6.85. The Hall–Kier alpha value is -0.640. The summed E-state index contributed by atoms with van der Waals surface area (Å²) in [7, 11) is 0. The molecule has 0 aliphatic rings. The molecule has 0 rings (SSSR count). The fourth-order valence-corrected chi connectivity index (χ4v) is 0.576. The van der Waals surface area contributed by atoms with Gasteiger partial charge in [-0.3, -0.25) is 0 Å². The Morgan fingerprint density at radius 1 is 1.73 bits per heavy atom. The number of carboxylic acids is 1. The minimum Gasteiger partial charge on any atom is -0.479 e. The van der Waals surface area contributed by atoms with Gasteiger partial charge in [-0.15, -0.1) is 0 Å². The number of rotatable bonds is 5. The molecule has 3 nitrogen and oxygen atoms in total. The van der Waals surface area contributed by atoms with Crippen molar-refractivity contribution in [3.8, 4) is 0 Å². The number of hydrogen-bond acceptors (Lipinski definition) is 2. The third-order valence-corrected chi connectivity index (χ3v) is 1.33. The monoisotopic (exact) mass is 163 g/mol. The average molecular weight is 163 g/mol. The van der Waals surface area contributed by atoms with Gasteiger partial charge in [-0.1, -0.05) is 6.92 Å². The molecule has 0 aliphatic heterocycles. The summed E-state index contributed by atoms with van der Waals surface area (Å²) in [5.41, 5.74) is -2.14. The molecule has 0 radical (unpaired) electrons. The van der Waals surface area contributed by atoms with E-state index in [1.807, 2.05) is 6.92 Å². The van der Waals surface area contributed by atoms with Crippen LogP contribution in [0.2, 0.25) is 0 Å². The van der Waals surface area contributed by atoms with Crippen LogP contribution in [0.1, 0.15) is 20.3 Å². The fourth-order valence-electron chi connectivity index (χ4n) is 0.576. The van der Waals surface area contributed by atoms with Crippen molar-refractivity contribution in [3.05, 3.63) is 0 Å². The van der Waals surface area contributed by atoms with Crippen molar-refractivity contribution in [1.82, 2.24) is 5.32 Å². The van der Waals surface area contributed by atoms with Crippen molar-refractivity contribution in [2.45, 2.75) is 25.9 Å². The van der Waals surface area contributed by atoms with Gasteiger partial charge in [-0.25, -0.2) is 9.18 Å². The summed E-state index contributed by atoms with van der Waals surface area (Å²) >= 11 is 0. The van der Waals surface area contributed by atoms with E-state index in [1.54, 1.807) is 0 Å². The first-order valence-electron chi connectivity index (χ1n) is 3.63. The average Bonchev–Trinajstić information content (AvgIpc) is 1.88. The first kappa shape index (κ1) is 10.4. The van der Waals surface area contributed by atoms with Crippen LogP contribution >= 0.6 is 0 Å². The van der Waals surface area contributed by atoms with Gasteiger partial charge in [0.1, 0.15) is 0 Å². The van der Waals surface area contributed by atoms with Crippen LogP contribution in [0.4, 0.5) is 4.39 Å². The second-order valence-electron chi connectivity index (χ2n) is 2.68. The van der Waals surface area contributed by atoms with Crippen LogP contribution in [-0.4, -0.2) is 29.8 Å². The molecule has 2 N–H and O–H groups in total. The van der Waals surface area contributed by atoms with E-state index in [4.69, 9.17) is 5.11 Å². The molecule has 66 valence electrons. The molecular weight excluding hydrogens is 149 g/mol. The van der Waals surface area contributed by atoms with Crippen LogP contribution < -0.4 is 5.32 Å². The Bertz CT molecular complexity index is 136. The quantitative estimate of drug-likeness (QED) is 0.589. The van der Waals surface area contributed by atoms with Gasteiger partial charge in [0.2, 0.25) is 5.67 Å². The predicted octanol–water partition coefficient (Wildman–Crippen LogP) is 0.799. The van der Waals surface area contributed by atoms with Crippen molar-refractivity contribution in [3.63, 3.8) is 0 Å². The van der Waals surface area contributed by atoms with Gasteiger partial charge in [0.25, 0.3) is 0 Å². The van der Waals surface area contributed by atoms with Crippen LogP contribution in [0.3, 0.4) is 0 Å². The Morgan fingerprint density at radius 3 is 2.64 bits per heavy atom. The van der Waals surface area contributed by atoms with Gasteiger partial charge >= 0.3 is 5.97 Å². The number of nitrogens with one attached hydrogen (secondary N) is 1. The van der Waals surface area contributed by atoms with Crippen molar-refractivity contribution >= 4 is 5.97 Å². The van der Waals surface area contributed by atoms with E-state index in [0.717, 1.165) is 13.3 Å². The van der Waals surface area contributed by atoms with E-state index >= 15 is 0 Å². The van der Waals surface area contributed by atoms with Crippen molar-refractivity contribution in [1.29, 1.82) is 0 Å². The first-order valence-corrected chi connectivity index (χ1v) is 3.63. The molecule has 0 aromatic heterocycles. The van der Waals surface area contributed by atoms with E-state index < -0.39 is 11.6 Å². The van der Waals surface area contributed by atoms with Crippen LogP contribution in [0.15, 0.2) is 0 Å². The van der Waals surface area contributed by atoms with Crippen molar-refractivity contribution in [2.24, 2.45) is 0 Å². The number of carbonyl (C=O) groups is 1. The third-order valence-electron chi connectivity index (χ3n) is 1.33. The Kier molecular flexibility index (Phi) is 4.03. The third kappa shape index (κ3) is 3.93. The molecular formula is C7H14FNO2. The number of alkyl halides is 1. The molecule has 0 heterocycles. The molecule has 0 saturated heterocycles. The first-order chi connectivity index (χ1) is 5.00. The van der Waals surface area contributed by atoms with E-state index in [2.05, 4.69) is 5.32 Å². The van der Waals surface area contributed by atoms with Gasteiger partial charge in [0, 0.05) is 6.54 Å². The van der Waals surface area contributed by atoms with Crippen molar-refractivity contribution < 1.29 is 14.3 Å². The highest BCUT2D eigenvalue weighted by Gasteiger charge is 2.31. The lowest BCUT2D eigenvalue weighted by atomic mass is 10.1. The smallest absolute Gasteiger partial charge is 0.342 e. The summed E-state index contributed by atoms with van der Waals surface area (Å²) in [5.74, 6) is -1.42. The highest BCUT2D eigenvalue weighted by molar-refractivity contribution is 5.76. The normalized spacial score (nSPS) is 15.9. The largest absolute Gasteiger partial charge is 0.479 e. The molecule has 0 aliphatic carbocycles. The summed E-state index contributed by atoms with van der Waals surface area (Å²) in [5, 5.41) is 11.0. The molecule has 11 heavy (non-hydrogen) atoms. The second kappa shape index (κ2) is 4.28. The zero-order chi connectivity index (χ0) is 8.91. The summed E-state index contributed by atoms with van der Waals surface area (Å²) in [6.45, 7) is 3.50. The Labute approximate surface area is 65.6 Å². The van der Waals surface area contributed by atoms with E-state index in [0.29, 0.717) is 6.54 Å². The van der Waals surface area contributed by atoms with Crippen LogP contribution in [-0.2, 0) is 4.79 Å². The minimum absolute atomic E-state index is 0.129. The van der Waals surface area contributed by atoms with E-state index in [1.165, 1.54) is 0 Å². The Morgan fingerprint density at radius 2 is 2.27 bits per heavy atom. The molecule has 1 unspecified atom stereocenters. The summed E-state index contributed by atoms with van der Waals surface area (Å²) < 4.78 is 12.9. The minimum atomic E-state index is -2.14. The number of hydrogen-bond donors (Lipinski definition) is 2. The number of halogens is 1. The summed E-state index contributed by atoms with van der Waals surface area (Å²) in [6, 6.07) is 0. The van der Waals surface area contributed by atoms with Gasteiger partial charge in [-0.2, -0.15) is 0 Å². The molecule has 0 aromatic rings. The molecule has 0 amide bonds. The van der Waals surface area contributed by atoms with E-state index in [9.17, 15) is 9.18 Å². The Balaban J connectivity index is 3.64. The fraction of sp³-hybridized carbons (Fsp3) is 0.857. The highest BCUT2D eigenvalue weighted by Crippen LogP contribution is 2.07. The lowest BCUT2D eigenvalue weighted by Crippen LogP contribution is -2.41. The predicted molar refractivity (Wildman–Crippen MR) is 40.3 cm³/mol. The summed E-state index contributed by atoms with van der Waals surface area (Å²) in [6.07, 6.45) is 0.871. The van der Waals surface area contributed by atoms with Crippen molar-refractivity contribution in [2.75, 3.05) is 13.1 Å². The SMILES string of the molecule is CCCNCC(C)(F)C(=O)O. The van der Waals surface area contributed by atoms with Crippen LogP contribution in [0.5, 0.6) is 0 Å². The molecule has 4 heteroatoms. The molecule has 0 saturated carbocycles. The molecule has 0 spiro atoms. The number of carboxylic acid groups (broad SMARTS) is 1. The molecule has 0 bridgehead atoms. The molecule has 0 fully saturated rings. The maximum atomic E-state index is 12.9. The number of aliphatic carboxylic acids is 1. The second-order valence-corrected chi connectivity index (χ2v) is 2.68. The summed E-state index contributed by atoms with van der Waals surface area (Å²) in [4.78, 5) is 10.2. The lowest BCUT2D eigenvalue weighted by molar-refractivity contribution is -0.149.